The van der Waals surface area contributed by atoms with Crippen molar-refractivity contribution in [1.82, 2.24) is 9.80 Å². The molecule has 7 heteroatoms. The molecular weight excluding hydrogens is 351 g/mol. The van der Waals surface area contributed by atoms with E-state index in [-0.39, 0.29) is 24.2 Å². The number of hydrogen-bond donors (Lipinski definition) is 0. The summed E-state index contributed by atoms with van der Waals surface area (Å²) in [5, 5.41) is 0.885. The Morgan fingerprint density at radius 1 is 1.08 bits per heavy atom. The maximum atomic E-state index is 12.5. The molecule has 1 aliphatic rings. The first-order chi connectivity index (χ1) is 11.3. The van der Waals surface area contributed by atoms with Crippen LogP contribution in [0.1, 0.15) is 19.4 Å². The molecule has 0 unspecified atom stereocenters. The number of carbonyl (C=O) groups excluding carboxylic acids is 2. The molecule has 132 valence electrons. The largest absolute Gasteiger partial charge is 0.495 e. The van der Waals surface area contributed by atoms with Crippen LogP contribution in [-0.2, 0) is 16.0 Å². The molecule has 1 saturated heterocycles. The highest BCUT2D eigenvalue weighted by molar-refractivity contribution is 6.34. The number of hydrogen-bond acceptors (Lipinski definition) is 3. The molecule has 2 rings (SSSR count). The number of piperazine rings is 1. The molecule has 0 atom stereocenters. The predicted molar refractivity (Wildman–Crippen MR) is 94.7 cm³/mol. The number of halogens is 2. The maximum absolute atomic E-state index is 12.5. The van der Waals surface area contributed by atoms with Crippen molar-refractivity contribution in [3.05, 3.63) is 27.7 Å². The van der Waals surface area contributed by atoms with Gasteiger partial charge in [-0.25, -0.2) is 0 Å². The number of rotatable bonds is 4. The summed E-state index contributed by atoms with van der Waals surface area (Å²) in [6.07, 6.45) is 0.181. The quantitative estimate of drug-likeness (QED) is 0.816. The Morgan fingerprint density at radius 2 is 1.67 bits per heavy atom. The van der Waals surface area contributed by atoms with Crippen molar-refractivity contribution in [3.63, 3.8) is 0 Å². The third-order valence-electron chi connectivity index (χ3n) is 4.10. The number of amides is 2. The lowest BCUT2D eigenvalue weighted by Crippen LogP contribution is -2.51. The second kappa shape index (κ2) is 8.08. The number of methoxy groups -OCH3 is 1. The zero-order valence-corrected chi connectivity index (χ0v) is 15.7. The predicted octanol–water partition coefficient (Wildman–Crippen LogP) is 2.87. The lowest BCUT2D eigenvalue weighted by atomic mass is 10.1. The molecule has 0 aliphatic carbocycles. The zero-order chi connectivity index (χ0) is 17.9. The first-order valence-electron chi connectivity index (χ1n) is 7.92. The van der Waals surface area contributed by atoms with Crippen LogP contribution in [0.3, 0.4) is 0 Å². The van der Waals surface area contributed by atoms with Gasteiger partial charge in [-0.1, -0.05) is 37.0 Å². The van der Waals surface area contributed by atoms with Gasteiger partial charge in [-0.2, -0.15) is 0 Å². The van der Waals surface area contributed by atoms with E-state index in [0.717, 1.165) is 0 Å². The van der Waals surface area contributed by atoms with E-state index in [2.05, 4.69) is 0 Å². The first kappa shape index (κ1) is 18.9. The second-order valence-corrected chi connectivity index (χ2v) is 6.93. The summed E-state index contributed by atoms with van der Waals surface area (Å²) >= 11 is 12.3. The number of carbonyl (C=O) groups is 2. The van der Waals surface area contributed by atoms with Gasteiger partial charge in [-0.3, -0.25) is 9.59 Å². The molecule has 0 N–H and O–H groups in total. The molecule has 1 aromatic carbocycles. The van der Waals surface area contributed by atoms with Crippen molar-refractivity contribution < 1.29 is 14.3 Å². The van der Waals surface area contributed by atoms with E-state index < -0.39 is 0 Å². The SMILES string of the molecule is COc1cc(Cl)c(CC(=O)N2CCN(C(=O)C(C)C)CC2)cc1Cl. The summed E-state index contributed by atoms with van der Waals surface area (Å²) in [6.45, 7) is 5.99. The van der Waals surface area contributed by atoms with E-state index in [9.17, 15) is 9.59 Å². The Morgan fingerprint density at radius 3 is 2.21 bits per heavy atom. The van der Waals surface area contributed by atoms with Crippen molar-refractivity contribution in [2.24, 2.45) is 5.92 Å². The number of ether oxygens (including phenoxy) is 1. The average Bonchev–Trinajstić information content (AvgIpc) is 2.57. The lowest BCUT2D eigenvalue weighted by molar-refractivity contribution is -0.141. The molecule has 0 radical (unpaired) electrons. The third-order valence-corrected chi connectivity index (χ3v) is 4.75. The summed E-state index contributed by atoms with van der Waals surface area (Å²) in [6, 6.07) is 3.28. The summed E-state index contributed by atoms with van der Waals surface area (Å²) in [7, 11) is 1.51. The van der Waals surface area contributed by atoms with Crippen LogP contribution in [0.2, 0.25) is 10.0 Å². The zero-order valence-electron chi connectivity index (χ0n) is 14.1. The van der Waals surface area contributed by atoms with Gasteiger partial charge in [0.05, 0.1) is 18.6 Å². The van der Waals surface area contributed by atoms with Crippen LogP contribution < -0.4 is 4.74 Å². The second-order valence-electron chi connectivity index (χ2n) is 6.12. The van der Waals surface area contributed by atoms with Gasteiger partial charge in [0.1, 0.15) is 5.75 Å². The van der Waals surface area contributed by atoms with Crippen LogP contribution in [0.25, 0.3) is 0 Å². The van der Waals surface area contributed by atoms with E-state index in [1.165, 1.54) is 7.11 Å². The highest BCUT2D eigenvalue weighted by atomic mass is 35.5. The van der Waals surface area contributed by atoms with Gasteiger partial charge in [-0.15, -0.1) is 0 Å². The highest BCUT2D eigenvalue weighted by Crippen LogP contribution is 2.31. The molecule has 24 heavy (non-hydrogen) atoms. The van der Waals surface area contributed by atoms with Gasteiger partial charge in [-0.05, 0) is 11.6 Å². The van der Waals surface area contributed by atoms with E-state index in [4.69, 9.17) is 27.9 Å². The molecular formula is C17H22Cl2N2O3. The van der Waals surface area contributed by atoms with Crippen LogP contribution in [0.4, 0.5) is 0 Å². The Balaban J connectivity index is 1.97. The Bertz CT molecular complexity index is 627. The Hall–Kier alpha value is -1.46. The van der Waals surface area contributed by atoms with Gasteiger partial charge in [0.15, 0.2) is 0 Å². The monoisotopic (exact) mass is 372 g/mol. The van der Waals surface area contributed by atoms with E-state index >= 15 is 0 Å². The van der Waals surface area contributed by atoms with Crippen LogP contribution in [0.15, 0.2) is 12.1 Å². The molecule has 1 aromatic rings. The highest BCUT2D eigenvalue weighted by Gasteiger charge is 2.25. The van der Waals surface area contributed by atoms with Crippen molar-refractivity contribution in [2.45, 2.75) is 20.3 Å². The Labute approximate surface area is 152 Å². The summed E-state index contributed by atoms with van der Waals surface area (Å²) in [5.41, 5.74) is 0.674. The van der Waals surface area contributed by atoms with Crippen LogP contribution in [0.5, 0.6) is 5.75 Å². The third kappa shape index (κ3) is 4.33. The Kier molecular flexibility index (Phi) is 6.35. The fraction of sp³-hybridized carbons (Fsp3) is 0.529. The molecule has 0 aromatic heterocycles. The topological polar surface area (TPSA) is 49.9 Å². The molecule has 1 aliphatic heterocycles. The number of benzene rings is 1. The van der Waals surface area contributed by atoms with Gasteiger partial charge in [0.2, 0.25) is 11.8 Å². The minimum absolute atomic E-state index is 0.0187. The molecule has 5 nitrogen and oxygen atoms in total. The molecule has 0 spiro atoms. The summed E-state index contributed by atoms with van der Waals surface area (Å²) in [5.74, 6) is 0.577. The van der Waals surface area contributed by atoms with Crippen molar-refractivity contribution >= 4 is 35.0 Å². The molecule has 0 bridgehead atoms. The molecule has 1 heterocycles. The van der Waals surface area contributed by atoms with Gasteiger partial charge >= 0.3 is 0 Å². The minimum atomic E-state index is -0.0208. The fourth-order valence-corrected chi connectivity index (χ4v) is 3.16. The standard InChI is InChI=1S/C17H22Cl2N2O3/c1-11(2)17(23)21-6-4-20(5-7-21)16(22)9-12-8-14(19)15(24-3)10-13(12)18/h8,10-11H,4-7,9H2,1-3H3. The van der Waals surface area contributed by atoms with Gasteiger partial charge in [0, 0.05) is 43.2 Å². The van der Waals surface area contributed by atoms with Crippen LogP contribution >= 0.6 is 23.2 Å². The summed E-state index contributed by atoms with van der Waals surface area (Å²) < 4.78 is 5.11. The van der Waals surface area contributed by atoms with Crippen molar-refractivity contribution in [3.8, 4) is 5.75 Å². The maximum Gasteiger partial charge on any atom is 0.227 e. The lowest BCUT2D eigenvalue weighted by Gasteiger charge is -2.35. The van der Waals surface area contributed by atoms with Crippen molar-refractivity contribution in [2.75, 3.05) is 33.3 Å². The minimum Gasteiger partial charge on any atom is -0.495 e. The number of nitrogens with zero attached hydrogens (tertiary/aromatic N) is 2. The normalized spacial score (nSPS) is 14.9. The van der Waals surface area contributed by atoms with Gasteiger partial charge in [0.25, 0.3) is 0 Å². The molecule has 1 fully saturated rings. The van der Waals surface area contributed by atoms with Crippen LogP contribution in [-0.4, -0.2) is 54.9 Å². The smallest absolute Gasteiger partial charge is 0.227 e. The van der Waals surface area contributed by atoms with Gasteiger partial charge < -0.3 is 14.5 Å². The first-order valence-corrected chi connectivity index (χ1v) is 8.67. The van der Waals surface area contributed by atoms with E-state index in [1.807, 2.05) is 18.7 Å². The summed E-state index contributed by atoms with van der Waals surface area (Å²) in [4.78, 5) is 28.0. The van der Waals surface area contributed by atoms with E-state index in [1.54, 1.807) is 17.0 Å². The molecule has 0 saturated carbocycles. The van der Waals surface area contributed by atoms with E-state index in [0.29, 0.717) is 47.5 Å². The molecule has 2 amide bonds. The fourth-order valence-electron chi connectivity index (χ4n) is 2.68. The van der Waals surface area contributed by atoms with Crippen LogP contribution in [0, 0.1) is 5.92 Å². The van der Waals surface area contributed by atoms with Crippen molar-refractivity contribution in [1.29, 1.82) is 0 Å². The average molecular weight is 373 g/mol.